The van der Waals surface area contributed by atoms with Crippen LogP contribution in [0.1, 0.15) is 39.2 Å². The molecule has 0 bridgehead atoms. The number of hydrogen-bond donors (Lipinski definition) is 2. The molecule has 0 amide bonds. The summed E-state index contributed by atoms with van der Waals surface area (Å²) in [6.07, 6.45) is 7.82. The zero-order chi connectivity index (χ0) is 11.4. The van der Waals surface area contributed by atoms with E-state index in [4.69, 9.17) is 0 Å². The van der Waals surface area contributed by atoms with Crippen LogP contribution >= 0.6 is 0 Å². The van der Waals surface area contributed by atoms with Crippen molar-refractivity contribution in [1.29, 1.82) is 0 Å². The minimum absolute atomic E-state index is 0.462. The molecule has 1 aromatic rings. The van der Waals surface area contributed by atoms with Crippen molar-refractivity contribution in [2.24, 2.45) is 0 Å². The van der Waals surface area contributed by atoms with Gasteiger partial charge in [-0.1, -0.05) is 6.42 Å². The summed E-state index contributed by atoms with van der Waals surface area (Å²) < 4.78 is 2.17. The van der Waals surface area contributed by atoms with Crippen molar-refractivity contribution in [2.45, 2.75) is 45.2 Å². The lowest BCUT2D eigenvalue weighted by atomic mass is 10.1. The summed E-state index contributed by atoms with van der Waals surface area (Å²) in [5.74, 6) is 0.988. The topological polar surface area (TPSA) is 41.9 Å². The summed E-state index contributed by atoms with van der Waals surface area (Å²) in [6, 6.07) is 1.07. The maximum absolute atomic E-state index is 4.35. The molecule has 1 saturated heterocycles. The number of nitrogens with zero attached hydrogens (tertiary/aromatic N) is 2. The van der Waals surface area contributed by atoms with Gasteiger partial charge in [0.25, 0.3) is 0 Å². The van der Waals surface area contributed by atoms with Gasteiger partial charge in [0.1, 0.15) is 0 Å². The largest absolute Gasteiger partial charge is 0.354 e. The lowest BCUT2D eigenvalue weighted by Gasteiger charge is -2.24. The van der Waals surface area contributed by atoms with Crippen molar-refractivity contribution in [3.63, 3.8) is 0 Å². The number of hydrogen-bond acceptors (Lipinski definition) is 3. The molecule has 2 heterocycles. The first-order valence-electron chi connectivity index (χ1n) is 6.27. The number of rotatable bonds is 4. The Kier molecular flexibility index (Phi) is 3.83. The van der Waals surface area contributed by atoms with Crippen LogP contribution in [0.4, 0.5) is 5.95 Å². The van der Waals surface area contributed by atoms with Crippen molar-refractivity contribution < 1.29 is 0 Å². The van der Waals surface area contributed by atoms with Gasteiger partial charge < -0.3 is 15.2 Å². The van der Waals surface area contributed by atoms with Crippen molar-refractivity contribution in [3.8, 4) is 0 Å². The first-order valence-corrected chi connectivity index (χ1v) is 6.27. The smallest absolute Gasteiger partial charge is 0.203 e. The van der Waals surface area contributed by atoms with E-state index in [9.17, 15) is 0 Å². The third-order valence-electron chi connectivity index (χ3n) is 3.14. The quantitative estimate of drug-likeness (QED) is 0.819. The van der Waals surface area contributed by atoms with Crippen LogP contribution < -0.4 is 10.6 Å². The fourth-order valence-corrected chi connectivity index (χ4v) is 2.18. The van der Waals surface area contributed by atoms with Gasteiger partial charge in [-0.2, -0.15) is 0 Å². The molecular weight excluding hydrogens is 200 g/mol. The average Bonchev–Trinajstić information content (AvgIpc) is 2.76. The first-order chi connectivity index (χ1) is 7.77. The summed E-state index contributed by atoms with van der Waals surface area (Å²) in [4.78, 5) is 4.35. The van der Waals surface area contributed by atoms with Gasteiger partial charge in [-0.3, -0.25) is 0 Å². The molecule has 16 heavy (non-hydrogen) atoms. The molecule has 0 aliphatic carbocycles. The van der Waals surface area contributed by atoms with Crippen LogP contribution in [0, 0.1) is 0 Å². The van der Waals surface area contributed by atoms with E-state index in [2.05, 4.69) is 34.0 Å². The Hall–Kier alpha value is -1.03. The minimum atomic E-state index is 0.462. The Bertz CT molecular complexity index is 313. The third-order valence-corrected chi connectivity index (χ3v) is 3.14. The molecule has 90 valence electrons. The second-order valence-electron chi connectivity index (χ2n) is 4.78. The molecule has 0 saturated carbocycles. The molecule has 1 aromatic heterocycles. The number of imidazole rings is 1. The fraction of sp³-hybridized carbons (Fsp3) is 0.750. The molecule has 4 nitrogen and oxygen atoms in total. The number of nitrogens with one attached hydrogen (secondary N) is 2. The summed E-state index contributed by atoms with van der Waals surface area (Å²) in [6.45, 7) is 6.48. The highest BCUT2D eigenvalue weighted by atomic mass is 15.2. The van der Waals surface area contributed by atoms with Gasteiger partial charge in [0.15, 0.2) is 0 Å². The highest BCUT2D eigenvalue weighted by Gasteiger charge is 2.13. The zero-order valence-corrected chi connectivity index (χ0v) is 10.2. The minimum Gasteiger partial charge on any atom is -0.354 e. The van der Waals surface area contributed by atoms with Crippen LogP contribution in [0.15, 0.2) is 12.4 Å². The van der Waals surface area contributed by atoms with Gasteiger partial charge in [-0.15, -0.1) is 0 Å². The summed E-state index contributed by atoms with van der Waals surface area (Å²) in [5.41, 5.74) is 0. The van der Waals surface area contributed by atoms with Crippen LogP contribution in [0.25, 0.3) is 0 Å². The molecule has 4 heteroatoms. The first kappa shape index (κ1) is 11.5. The Balaban J connectivity index is 1.86. The molecule has 2 N–H and O–H groups in total. The van der Waals surface area contributed by atoms with Crippen molar-refractivity contribution in [2.75, 3.05) is 18.4 Å². The summed E-state index contributed by atoms with van der Waals surface area (Å²) in [5, 5.41) is 6.96. The van der Waals surface area contributed by atoms with E-state index < -0.39 is 0 Å². The van der Waals surface area contributed by atoms with Gasteiger partial charge in [0, 0.05) is 31.0 Å². The van der Waals surface area contributed by atoms with Crippen LogP contribution in [-0.4, -0.2) is 28.7 Å². The van der Waals surface area contributed by atoms with E-state index in [0.29, 0.717) is 12.1 Å². The standard InChI is InChI=1S/C12H22N4/c1-10(2)16-8-7-14-12(16)15-9-11-5-3-4-6-13-11/h7-8,10-11,13H,3-6,9H2,1-2H3,(H,14,15). The molecule has 1 aliphatic rings. The molecule has 1 fully saturated rings. The predicted molar refractivity (Wildman–Crippen MR) is 66.7 cm³/mol. The second-order valence-corrected chi connectivity index (χ2v) is 4.78. The van der Waals surface area contributed by atoms with Gasteiger partial charge in [-0.25, -0.2) is 4.98 Å². The lowest BCUT2D eigenvalue weighted by molar-refractivity contribution is 0.413. The fourth-order valence-electron chi connectivity index (χ4n) is 2.18. The van der Waals surface area contributed by atoms with Crippen molar-refractivity contribution >= 4 is 5.95 Å². The molecule has 1 atom stereocenters. The highest BCUT2D eigenvalue weighted by Crippen LogP contribution is 2.13. The Morgan fingerprint density at radius 3 is 3.12 bits per heavy atom. The number of aromatic nitrogens is 2. The third kappa shape index (κ3) is 2.76. The summed E-state index contributed by atoms with van der Waals surface area (Å²) >= 11 is 0. The van der Waals surface area contributed by atoms with Crippen LogP contribution in [-0.2, 0) is 0 Å². The molecule has 0 aromatic carbocycles. The van der Waals surface area contributed by atoms with Crippen molar-refractivity contribution in [3.05, 3.63) is 12.4 Å². The Labute approximate surface area is 97.4 Å². The monoisotopic (exact) mass is 222 g/mol. The van der Waals surface area contributed by atoms with Gasteiger partial charge >= 0.3 is 0 Å². The normalized spacial score (nSPS) is 21.3. The predicted octanol–water partition coefficient (Wildman–Crippen LogP) is 2.02. The lowest BCUT2D eigenvalue weighted by Crippen LogP contribution is -2.39. The van der Waals surface area contributed by atoms with E-state index in [-0.39, 0.29) is 0 Å². The number of piperidine rings is 1. The number of anilines is 1. The van der Waals surface area contributed by atoms with Crippen molar-refractivity contribution in [1.82, 2.24) is 14.9 Å². The molecule has 1 aliphatic heterocycles. The SMILES string of the molecule is CC(C)n1ccnc1NCC1CCCCN1. The highest BCUT2D eigenvalue weighted by molar-refractivity contribution is 5.26. The van der Waals surface area contributed by atoms with E-state index in [1.54, 1.807) is 0 Å². The molecule has 1 unspecified atom stereocenters. The van der Waals surface area contributed by atoms with Gasteiger partial charge in [-0.05, 0) is 33.2 Å². The maximum Gasteiger partial charge on any atom is 0.203 e. The van der Waals surface area contributed by atoms with E-state index >= 15 is 0 Å². The van der Waals surface area contributed by atoms with Crippen LogP contribution in [0.3, 0.4) is 0 Å². The maximum atomic E-state index is 4.35. The Morgan fingerprint density at radius 2 is 2.44 bits per heavy atom. The van der Waals surface area contributed by atoms with E-state index in [0.717, 1.165) is 19.0 Å². The van der Waals surface area contributed by atoms with Gasteiger partial charge in [0.2, 0.25) is 5.95 Å². The van der Waals surface area contributed by atoms with Crippen LogP contribution in [0.5, 0.6) is 0 Å². The van der Waals surface area contributed by atoms with Crippen LogP contribution in [0.2, 0.25) is 0 Å². The average molecular weight is 222 g/mol. The molecule has 0 radical (unpaired) electrons. The van der Waals surface area contributed by atoms with Gasteiger partial charge in [0.05, 0.1) is 0 Å². The van der Waals surface area contributed by atoms with E-state index in [1.807, 2.05) is 12.4 Å². The molecule has 2 rings (SSSR count). The van der Waals surface area contributed by atoms with E-state index in [1.165, 1.54) is 19.3 Å². The second kappa shape index (κ2) is 5.34. The Morgan fingerprint density at radius 1 is 1.56 bits per heavy atom. The molecular formula is C12H22N4. The summed E-state index contributed by atoms with van der Waals surface area (Å²) in [7, 11) is 0. The zero-order valence-electron chi connectivity index (χ0n) is 10.2. The molecule has 0 spiro atoms.